The Kier molecular flexibility index (Phi) is 4.80. The molecule has 0 aromatic heterocycles. The number of rotatable bonds is 4. The molecule has 0 saturated heterocycles. The summed E-state index contributed by atoms with van der Waals surface area (Å²) < 4.78 is 5.41. The third kappa shape index (κ3) is 3.36. The fourth-order valence-electron chi connectivity index (χ4n) is 1.27. The van der Waals surface area contributed by atoms with Crippen LogP contribution in [0.3, 0.4) is 0 Å². The van der Waals surface area contributed by atoms with Crippen LogP contribution in [0.25, 0.3) is 0 Å². The summed E-state index contributed by atoms with van der Waals surface area (Å²) in [6, 6.07) is 6.83. The molecule has 1 atom stereocenters. The highest BCUT2D eigenvalue weighted by molar-refractivity contribution is 6.31. The Morgan fingerprint density at radius 3 is 2.94 bits per heavy atom. The van der Waals surface area contributed by atoms with Gasteiger partial charge in [-0.05, 0) is 26.0 Å². The summed E-state index contributed by atoms with van der Waals surface area (Å²) in [4.78, 5) is 11.5. The van der Waals surface area contributed by atoms with Crippen molar-refractivity contribution in [2.45, 2.75) is 20.0 Å². The molecule has 1 aromatic rings. The SMILES string of the molecule is CCNC(=O)C(C)Oc1cccc(Cl)c1C#N. The second-order valence-electron chi connectivity index (χ2n) is 3.38. The summed E-state index contributed by atoms with van der Waals surface area (Å²) in [6.45, 7) is 3.98. The van der Waals surface area contributed by atoms with E-state index in [1.165, 1.54) is 0 Å². The predicted molar refractivity (Wildman–Crippen MR) is 64.9 cm³/mol. The molecule has 1 unspecified atom stereocenters. The van der Waals surface area contributed by atoms with Crippen LogP contribution in [0.5, 0.6) is 5.75 Å². The first-order valence-corrected chi connectivity index (χ1v) is 5.61. The molecule has 0 saturated carbocycles. The van der Waals surface area contributed by atoms with Gasteiger partial charge < -0.3 is 10.1 Å². The Hall–Kier alpha value is -1.73. The van der Waals surface area contributed by atoms with Crippen LogP contribution in [-0.2, 0) is 4.79 Å². The molecule has 0 aliphatic heterocycles. The van der Waals surface area contributed by atoms with Crippen molar-refractivity contribution < 1.29 is 9.53 Å². The quantitative estimate of drug-likeness (QED) is 0.893. The molecular weight excluding hydrogens is 240 g/mol. The van der Waals surface area contributed by atoms with E-state index in [2.05, 4.69) is 5.32 Å². The van der Waals surface area contributed by atoms with E-state index in [0.717, 1.165) is 0 Å². The van der Waals surface area contributed by atoms with E-state index in [0.29, 0.717) is 17.3 Å². The van der Waals surface area contributed by atoms with Crippen LogP contribution in [0, 0.1) is 11.3 Å². The molecule has 90 valence electrons. The minimum Gasteiger partial charge on any atom is -0.479 e. The smallest absolute Gasteiger partial charge is 0.260 e. The number of nitrogens with one attached hydrogen (secondary N) is 1. The van der Waals surface area contributed by atoms with Crippen molar-refractivity contribution >= 4 is 17.5 Å². The molecule has 4 nitrogen and oxygen atoms in total. The molecule has 0 fully saturated rings. The van der Waals surface area contributed by atoms with Gasteiger partial charge in [-0.3, -0.25) is 4.79 Å². The second-order valence-corrected chi connectivity index (χ2v) is 3.79. The van der Waals surface area contributed by atoms with Crippen LogP contribution in [0.1, 0.15) is 19.4 Å². The number of halogens is 1. The predicted octanol–water partition coefficient (Wildman–Crippen LogP) is 2.12. The molecule has 1 N–H and O–H groups in total. The van der Waals surface area contributed by atoms with Crippen LogP contribution in [-0.4, -0.2) is 18.6 Å². The third-order valence-electron chi connectivity index (χ3n) is 2.11. The number of likely N-dealkylation sites (N-methyl/N-ethyl adjacent to an activating group) is 1. The first kappa shape index (κ1) is 13.3. The Balaban J connectivity index is 2.86. The van der Waals surface area contributed by atoms with Gasteiger partial charge in [0.15, 0.2) is 6.10 Å². The molecule has 0 spiro atoms. The standard InChI is InChI=1S/C12H13ClN2O2/c1-3-15-12(16)8(2)17-11-6-4-5-10(13)9(11)7-14/h4-6,8H,3H2,1-2H3,(H,15,16). The summed E-state index contributed by atoms with van der Waals surface area (Å²) in [6.07, 6.45) is -0.666. The van der Waals surface area contributed by atoms with Gasteiger partial charge in [-0.25, -0.2) is 0 Å². The van der Waals surface area contributed by atoms with Crippen molar-refractivity contribution in [1.29, 1.82) is 5.26 Å². The van der Waals surface area contributed by atoms with Gasteiger partial charge in [0, 0.05) is 6.54 Å². The van der Waals surface area contributed by atoms with Gasteiger partial charge in [0.05, 0.1) is 5.02 Å². The minimum atomic E-state index is -0.666. The van der Waals surface area contributed by atoms with Crippen molar-refractivity contribution in [3.63, 3.8) is 0 Å². The molecular formula is C12H13ClN2O2. The molecule has 1 aromatic carbocycles. The number of hydrogen-bond donors (Lipinski definition) is 1. The van der Waals surface area contributed by atoms with Crippen molar-refractivity contribution in [3.05, 3.63) is 28.8 Å². The number of benzene rings is 1. The molecule has 1 rings (SSSR count). The van der Waals surface area contributed by atoms with Crippen LogP contribution in [0.4, 0.5) is 0 Å². The number of hydrogen-bond acceptors (Lipinski definition) is 3. The lowest BCUT2D eigenvalue weighted by molar-refractivity contribution is -0.127. The zero-order valence-corrected chi connectivity index (χ0v) is 10.4. The Morgan fingerprint density at radius 1 is 1.65 bits per heavy atom. The summed E-state index contributed by atoms with van der Waals surface area (Å²) in [5.41, 5.74) is 0.241. The van der Waals surface area contributed by atoms with Gasteiger partial charge in [-0.1, -0.05) is 17.7 Å². The van der Waals surface area contributed by atoms with E-state index in [1.54, 1.807) is 25.1 Å². The van der Waals surface area contributed by atoms with E-state index >= 15 is 0 Å². The molecule has 0 aliphatic rings. The maximum atomic E-state index is 11.5. The van der Waals surface area contributed by atoms with Gasteiger partial charge in [0.2, 0.25) is 0 Å². The minimum absolute atomic E-state index is 0.226. The topological polar surface area (TPSA) is 62.1 Å². The van der Waals surface area contributed by atoms with Crippen molar-refractivity contribution in [1.82, 2.24) is 5.32 Å². The van der Waals surface area contributed by atoms with Crippen LogP contribution in [0.15, 0.2) is 18.2 Å². The highest BCUT2D eigenvalue weighted by Gasteiger charge is 2.16. The van der Waals surface area contributed by atoms with Gasteiger partial charge >= 0.3 is 0 Å². The molecule has 0 heterocycles. The molecule has 0 aliphatic carbocycles. The lowest BCUT2D eigenvalue weighted by Gasteiger charge is -2.15. The fourth-order valence-corrected chi connectivity index (χ4v) is 1.48. The number of carbonyl (C=O) groups excluding carboxylic acids is 1. The number of ether oxygens (including phenoxy) is 1. The van der Waals surface area contributed by atoms with Gasteiger partial charge in [-0.15, -0.1) is 0 Å². The molecule has 1 amide bonds. The zero-order chi connectivity index (χ0) is 12.8. The van der Waals surface area contributed by atoms with Gasteiger partial charge in [0.25, 0.3) is 5.91 Å². The first-order chi connectivity index (χ1) is 8.10. The maximum Gasteiger partial charge on any atom is 0.260 e. The second kappa shape index (κ2) is 6.12. The molecule has 0 radical (unpaired) electrons. The number of nitriles is 1. The Labute approximate surface area is 105 Å². The summed E-state index contributed by atoms with van der Waals surface area (Å²) in [5, 5.41) is 11.9. The fraction of sp³-hybridized carbons (Fsp3) is 0.333. The molecule has 0 bridgehead atoms. The number of nitrogens with zero attached hydrogens (tertiary/aromatic N) is 1. The maximum absolute atomic E-state index is 11.5. The lowest BCUT2D eigenvalue weighted by Crippen LogP contribution is -2.36. The van der Waals surface area contributed by atoms with E-state index in [-0.39, 0.29) is 11.5 Å². The van der Waals surface area contributed by atoms with E-state index < -0.39 is 6.10 Å². The van der Waals surface area contributed by atoms with Crippen LogP contribution < -0.4 is 10.1 Å². The number of carbonyl (C=O) groups is 1. The van der Waals surface area contributed by atoms with Crippen molar-refractivity contribution in [2.75, 3.05) is 6.54 Å². The van der Waals surface area contributed by atoms with E-state index in [4.69, 9.17) is 21.6 Å². The van der Waals surface area contributed by atoms with Gasteiger partial charge in [-0.2, -0.15) is 5.26 Å². The van der Waals surface area contributed by atoms with E-state index in [1.807, 2.05) is 13.0 Å². The average Bonchev–Trinajstić information content (AvgIpc) is 2.29. The van der Waals surface area contributed by atoms with Crippen molar-refractivity contribution in [2.24, 2.45) is 0 Å². The zero-order valence-electron chi connectivity index (χ0n) is 9.66. The number of amides is 1. The van der Waals surface area contributed by atoms with Crippen molar-refractivity contribution in [3.8, 4) is 11.8 Å². The largest absolute Gasteiger partial charge is 0.479 e. The van der Waals surface area contributed by atoms with Crippen LogP contribution in [0.2, 0.25) is 5.02 Å². The monoisotopic (exact) mass is 252 g/mol. The summed E-state index contributed by atoms with van der Waals surface area (Å²) >= 11 is 5.85. The average molecular weight is 253 g/mol. The molecule has 17 heavy (non-hydrogen) atoms. The van der Waals surface area contributed by atoms with Crippen LogP contribution >= 0.6 is 11.6 Å². The van der Waals surface area contributed by atoms with E-state index in [9.17, 15) is 4.79 Å². The lowest BCUT2D eigenvalue weighted by atomic mass is 10.2. The highest BCUT2D eigenvalue weighted by atomic mass is 35.5. The third-order valence-corrected chi connectivity index (χ3v) is 2.43. The summed E-state index contributed by atoms with van der Waals surface area (Å²) in [7, 11) is 0. The molecule has 5 heteroatoms. The Morgan fingerprint density at radius 2 is 2.35 bits per heavy atom. The van der Waals surface area contributed by atoms with Gasteiger partial charge in [0.1, 0.15) is 17.4 Å². The first-order valence-electron chi connectivity index (χ1n) is 5.23. The Bertz CT molecular complexity index is 454. The summed E-state index contributed by atoms with van der Waals surface area (Å²) in [5.74, 6) is 0.0927. The normalized spacial score (nSPS) is 11.4. The highest BCUT2D eigenvalue weighted by Crippen LogP contribution is 2.26.